The highest BCUT2D eigenvalue weighted by atomic mass is 32.2. The van der Waals surface area contributed by atoms with E-state index in [-0.39, 0.29) is 12.1 Å². The molecule has 6 nitrogen and oxygen atoms in total. The van der Waals surface area contributed by atoms with Crippen LogP contribution >= 0.6 is 0 Å². The molecule has 31 heavy (non-hydrogen) atoms. The second kappa shape index (κ2) is 8.84. The fraction of sp³-hybridized carbons (Fsp3) is 0.190. The van der Waals surface area contributed by atoms with Crippen LogP contribution in [0.25, 0.3) is 0 Å². The van der Waals surface area contributed by atoms with Crippen LogP contribution in [0.5, 0.6) is 0 Å². The molecule has 0 saturated carbocycles. The number of carbonyl (C=O) groups excluding carboxylic acids is 1. The molecule has 0 aliphatic rings. The van der Waals surface area contributed by atoms with Crippen LogP contribution in [0.3, 0.4) is 0 Å². The highest BCUT2D eigenvalue weighted by molar-refractivity contribution is 7.92. The molecule has 0 bridgehead atoms. The fourth-order valence-corrected chi connectivity index (χ4v) is 4.28. The van der Waals surface area contributed by atoms with Crippen LogP contribution in [-0.2, 0) is 22.3 Å². The summed E-state index contributed by atoms with van der Waals surface area (Å²) in [6.07, 6.45) is -4.12. The molecular weight excluding hydrogens is 429 g/mol. The van der Waals surface area contributed by atoms with E-state index < -0.39 is 37.3 Å². The Balaban J connectivity index is 1.91. The third-order valence-corrected chi connectivity index (χ3v) is 6.20. The third-order valence-electron chi connectivity index (χ3n) is 4.43. The van der Waals surface area contributed by atoms with Crippen molar-refractivity contribution in [3.8, 4) is 0 Å². The zero-order valence-electron chi connectivity index (χ0n) is 16.4. The van der Waals surface area contributed by atoms with E-state index in [2.05, 4.69) is 15.5 Å². The number of aryl methyl sites for hydroxylation is 1. The van der Waals surface area contributed by atoms with Gasteiger partial charge in [-0.15, -0.1) is 5.10 Å². The molecule has 0 unspecified atom stereocenters. The highest BCUT2D eigenvalue weighted by Gasteiger charge is 2.32. The van der Waals surface area contributed by atoms with Gasteiger partial charge >= 0.3 is 6.18 Å². The van der Waals surface area contributed by atoms with E-state index in [1.54, 1.807) is 6.92 Å². The molecule has 0 radical (unpaired) electrons. The van der Waals surface area contributed by atoms with Crippen molar-refractivity contribution in [1.29, 1.82) is 4.78 Å². The van der Waals surface area contributed by atoms with E-state index in [4.69, 9.17) is 4.78 Å². The summed E-state index contributed by atoms with van der Waals surface area (Å²) in [6, 6.07) is 14.4. The molecule has 0 aliphatic carbocycles. The summed E-state index contributed by atoms with van der Waals surface area (Å²) >= 11 is 0. The van der Waals surface area contributed by atoms with E-state index >= 15 is 0 Å². The lowest BCUT2D eigenvalue weighted by atomic mass is 10.1. The van der Waals surface area contributed by atoms with Crippen LogP contribution in [0.15, 0.2) is 70.6 Å². The predicted molar refractivity (Wildman–Crippen MR) is 108 cm³/mol. The number of halogens is 3. The Morgan fingerprint density at radius 3 is 2.45 bits per heavy atom. The van der Waals surface area contributed by atoms with Crippen LogP contribution in [-0.4, -0.2) is 26.9 Å². The van der Waals surface area contributed by atoms with Crippen LogP contribution in [0.2, 0.25) is 0 Å². The second-order valence-electron chi connectivity index (χ2n) is 6.78. The van der Waals surface area contributed by atoms with Crippen molar-refractivity contribution in [2.24, 2.45) is 0 Å². The lowest BCUT2D eigenvalue weighted by Gasteiger charge is -2.14. The van der Waals surface area contributed by atoms with Gasteiger partial charge in [-0.05, 0) is 43.2 Å². The quantitative estimate of drug-likeness (QED) is 0.590. The number of alkyl halides is 3. The number of amides is 1. The Kier molecular flexibility index (Phi) is 6.40. The van der Waals surface area contributed by atoms with E-state index in [1.807, 2.05) is 30.3 Å². The summed E-state index contributed by atoms with van der Waals surface area (Å²) in [5.74, 6) is -0.629. The monoisotopic (exact) mass is 448 g/mol. The number of nitrogens with zero attached hydrogens (tertiary/aromatic N) is 2. The molecule has 2 aromatic carbocycles. The van der Waals surface area contributed by atoms with E-state index in [9.17, 15) is 22.2 Å². The van der Waals surface area contributed by atoms with Crippen molar-refractivity contribution < 1.29 is 22.2 Å². The molecule has 0 spiro atoms. The SMILES string of the molecule is Cc1cc(C(=O)NCCc2ccccc2)c([S@](=N)(=O)c2cccc(C(F)(F)F)c2)nn1. The van der Waals surface area contributed by atoms with Crippen molar-refractivity contribution >= 4 is 15.6 Å². The largest absolute Gasteiger partial charge is 0.416 e. The summed E-state index contributed by atoms with van der Waals surface area (Å²) in [5.41, 5.74) is 0.147. The maximum Gasteiger partial charge on any atom is 0.416 e. The van der Waals surface area contributed by atoms with E-state index in [0.29, 0.717) is 18.2 Å². The molecule has 3 rings (SSSR count). The van der Waals surface area contributed by atoms with Crippen molar-refractivity contribution in [3.63, 3.8) is 0 Å². The normalized spacial score (nSPS) is 13.4. The highest BCUT2D eigenvalue weighted by Crippen LogP contribution is 2.32. The van der Waals surface area contributed by atoms with Gasteiger partial charge in [-0.2, -0.15) is 18.3 Å². The average Bonchev–Trinajstić information content (AvgIpc) is 2.73. The standard InChI is InChI=1S/C21H19F3N4O2S/c1-14-12-18(19(29)26-11-10-15-6-3-2-4-7-15)20(28-27-14)31(25,30)17-9-5-8-16(13-17)21(22,23)24/h2-9,12-13,25H,10-11H2,1H3,(H,26,29)/t31-/m1/s1. The van der Waals surface area contributed by atoms with Gasteiger partial charge in [0.1, 0.15) is 9.73 Å². The number of carbonyl (C=O) groups is 1. The third kappa shape index (κ3) is 5.26. The number of benzene rings is 2. The number of hydrogen-bond donors (Lipinski definition) is 2. The number of hydrogen-bond acceptors (Lipinski definition) is 5. The molecule has 2 N–H and O–H groups in total. The van der Waals surface area contributed by atoms with Gasteiger partial charge in [0.25, 0.3) is 5.91 Å². The topological polar surface area (TPSA) is 95.8 Å². The number of nitrogens with one attached hydrogen (secondary N) is 2. The Hall–Kier alpha value is -3.27. The van der Waals surface area contributed by atoms with Crippen LogP contribution in [0.4, 0.5) is 13.2 Å². The van der Waals surface area contributed by atoms with Gasteiger partial charge in [0, 0.05) is 6.54 Å². The van der Waals surface area contributed by atoms with Crippen molar-refractivity contribution in [3.05, 3.63) is 83.0 Å². The van der Waals surface area contributed by atoms with Crippen LogP contribution in [0.1, 0.15) is 27.2 Å². The molecule has 10 heteroatoms. The summed E-state index contributed by atoms with van der Waals surface area (Å²) < 4.78 is 60.7. The molecular formula is C21H19F3N4O2S. The van der Waals surface area contributed by atoms with Gasteiger partial charge in [-0.25, -0.2) is 8.99 Å². The van der Waals surface area contributed by atoms with Gasteiger partial charge < -0.3 is 5.32 Å². The lowest BCUT2D eigenvalue weighted by molar-refractivity contribution is -0.137. The van der Waals surface area contributed by atoms with Crippen LogP contribution in [0, 0.1) is 11.7 Å². The Morgan fingerprint density at radius 1 is 1.06 bits per heavy atom. The molecule has 0 saturated heterocycles. The van der Waals surface area contributed by atoms with E-state index in [1.165, 1.54) is 6.07 Å². The summed E-state index contributed by atoms with van der Waals surface area (Å²) in [6.45, 7) is 1.83. The Labute approximate surface area is 177 Å². The molecule has 1 amide bonds. The van der Waals surface area contributed by atoms with Gasteiger partial charge in [-0.3, -0.25) is 4.79 Å². The first-order chi connectivity index (χ1) is 14.6. The van der Waals surface area contributed by atoms with Crippen molar-refractivity contribution in [1.82, 2.24) is 15.5 Å². The zero-order valence-corrected chi connectivity index (χ0v) is 17.3. The first-order valence-corrected chi connectivity index (χ1v) is 10.8. The zero-order chi connectivity index (χ0) is 22.6. The number of aromatic nitrogens is 2. The lowest BCUT2D eigenvalue weighted by Crippen LogP contribution is -2.28. The molecule has 1 aromatic heterocycles. The minimum absolute atomic E-state index is 0.155. The van der Waals surface area contributed by atoms with Crippen LogP contribution < -0.4 is 5.32 Å². The van der Waals surface area contributed by atoms with Gasteiger partial charge in [0.15, 0.2) is 5.03 Å². The number of rotatable bonds is 6. The first-order valence-electron chi connectivity index (χ1n) is 9.21. The smallest absolute Gasteiger partial charge is 0.352 e. The Bertz CT molecular complexity index is 1200. The minimum atomic E-state index is -4.66. The van der Waals surface area contributed by atoms with Crippen molar-refractivity contribution in [2.45, 2.75) is 29.4 Å². The minimum Gasteiger partial charge on any atom is -0.352 e. The van der Waals surface area contributed by atoms with Crippen molar-refractivity contribution in [2.75, 3.05) is 6.54 Å². The molecule has 0 aliphatic heterocycles. The molecule has 0 fully saturated rings. The maximum absolute atomic E-state index is 13.2. The molecule has 1 atom stereocenters. The summed E-state index contributed by atoms with van der Waals surface area (Å²) in [4.78, 5) is 12.3. The molecule has 1 heterocycles. The molecule has 162 valence electrons. The first kappa shape index (κ1) is 22.4. The Morgan fingerprint density at radius 2 is 1.77 bits per heavy atom. The fourth-order valence-electron chi connectivity index (χ4n) is 2.88. The van der Waals surface area contributed by atoms with E-state index in [0.717, 1.165) is 23.8 Å². The van der Waals surface area contributed by atoms with Gasteiger partial charge in [0.2, 0.25) is 0 Å². The van der Waals surface area contributed by atoms with Gasteiger partial charge in [-0.1, -0.05) is 36.4 Å². The second-order valence-corrected chi connectivity index (χ2v) is 8.75. The predicted octanol–water partition coefficient (Wildman–Crippen LogP) is 4.24. The average molecular weight is 448 g/mol. The van der Waals surface area contributed by atoms with Gasteiger partial charge in [0.05, 0.1) is 21.7 Å². The summed E-state index contributed by atoms with van der Waals surface area (Å²) in [7, 11) is -4.03. The molecule has 3 aromatic rings. The maximum atomic E-state index is 13.2. The summed E-state index contributed by atoms with van der Waals surface area (Å²) in [5, 5.41) is 9.71.